The summed E-state index contributed by atoms with van der Waals surface area (Å²) in [6.07, 6.45) is -0.251. The van der Waals surface area contributed by atoms with E-state index in [1.165, 1.54) is 12.1 Å². The van der Waals surface area contributed by atoms with Gasteiger partial charge in [0.1, 0.15) is 11.9 Å². The molecule has 3 aromatic rings. The van der Waals surface area contributed by atoms with Gasteiger partial charge in [-0.3, -0.25) is 0 Å². The number of hydrogen-bond acceptors (Lipinski definition) is 1. The summed E-state index contributed by atoms with van der Waals surface area (Å²) in [5.41, 5.74) is 2.72. The van der Waals surface area contributed by atoms with Crippen LogP contribution in [-0.2, 0) is 0 Å². The normalized spacial score (nSPS) is 19.2. The van der Waals surface area contributed by atoms with Crippen molar-refractivity contribution in [3.63, 3.8) is 0 Å². The maximum atomic E-state index is 13.7. The molecule has 114 valence electrons. The van der Waals surface area contributed by atoms with Crippen LogP contribution in [0.4, 0.5) is 8.78 Å². The van der Waals surface area contributed by atoms with Crippen molar-refractivity contribution in [2.75, 3.05) is 0 Å². The van der Waals surface area contributed by atoms with Gasteiger partial charge in [0, 0.05) is 5.56 Å². The SMILES string of the molecule is Fc1ccc(C2c3ccccc3OC2c2ccccc2)cc1F. The fraction of sp³-hybridized carbons (Fsp3) is 0.100. The van der Waals surface area contributed by atoms with Crippen LogP contribution in [0.2, 0.25) is 0 Å². The molecule has 2 atom stereocenters. The van der Waals surface area contributed by atoms with Crippen LogP contribution in [0.3, 0.4) is 0 Å². The lowest BCUT2D eigenvalue weighted by atomic mass is 9.85. The highest BCUT2D eigenvalue weighted by Crippen LogP contribution is 2.49. The number of halogens is 2. The first kappa shape index (κ1) is 13.9. The zero-order chi connectivity index (χ0) is 15.8. The van der Waals surface area contributed by atoms with Crippen LogP contribution in [0.1, 0.15) is 28.7 Å². The van der Waals surface area contributed by atoms with Crippen molar-refractivity contribution in [2.24, 2.45) is 0 Å². The van der Waals surface area contributed by atoms with Crippen LogP contribution in [0.15, 0.2) is 72.8 Å². The van der Waals surface area contributed by atoms with Crippen molar-refractivity contribution >= 4 is 0 Å². The van der Waals surface area contributed by atoms with Gasteiger partial charge in [-0.05, 0) is 29.3 Å². The summed E-state index contributed by atoms with van der Waals surface area (Å²) >= 11 is 0. The van der Waals surface area contributed by atoms with Crippen LogP contribution in [0.5, 0.6) is 5.75 Å². The summed E-state index contributed by atoms with van der Waals surface area (Å²) in [5.74, 6) is -1.05. The van der Waals surface area contributed by atoms with Crippen LogP contribution in [-0.4, -0.2) is 0 Å². The highest BCUT2D eigenvalue weighted by Gasteiger charge is 2.36. The smallest absolute Gasteiger partial charge is 0.159 e. The van der Waals surface area contributed by atoms with Gasteiger partial charge in [0.25, 0.3) is 0 Å². The Hall–Kier alpha value is -2.68. The maximum absolute atomic E-state index is 13.7. The third-order valence-corrected chi connectivity index (χ3v) is 4.24. The molecule has 0 fully saturated rings. The first-order chi connectivity index (χ1) is 11.2. The van der Waals surface area contributed by atoms with E-state index in [9.17, 15) is 8.78 Å². The van der Waals surface area contributed by atoms with E-state index in [1.54, 1.807) is 6.07 Å². The zero-order valence-corrected chi connectivity index (χ0v) is 12.2. The number of rotatable bonds is 2. The van der Waals surface area contributed by atoms with Gasteiger partial charge in [-0.25, -0.2) is 8.78 Å². The molecule has 0 spiro atoms. The predicted molar refractivity (Wildman–Crippen MR) is 84.5 cm³/mol. The van der Waals surface area contributed by atoms with E-state index >= 15 is 0 Å². The second-order valence-corrected chi connectivity index (χ2v) is 5.64. The van der Waals surface area contributed by atoms with E-state index in [1.807, 2.05) is 54.6 Å². The lowest BCUT2D eigenvalue weighted by molar-refractivity contribution is 0.222. The zero-order valence-electron chi connectivity index (χ0n) is 12.2. The molecule has 0 bridgehead atoms. The Bertz CT molecular complexity index is 845. The van der Waals surface area contributed by atoms with E-state index in [4.69, 9.17) is 4.74 Å². The lowest BCUT2D eigenvalue weighted by Gasteiger charge is -2.20. The Balaban J connectivity index is 1.86. The Labute approximate surface area is 133 Å². The summed E-state index contributed by atoms with van der Waals surface area (Å²) in [6.45, 7) is 0. The van der Waals surface area contributed by atoms with Crippen molar-refractivity contribution in [1.29, 1.82) is 0 Å². The summed E-state index contributed by atoms with van der Waals surface area (Å²) in [7, 11) is 0. The second kappa shape index (κ2) is 5.51. The molecule has 0 radical (unpaired) electrons. The second-order valence-electron chi connectivity index (χ2n) is 5.64. The Kier molecular flexibility index (Phi) is 3.34. The van der Waals surface area contributed by atoms with Gasteiger partial charge in [-0.1, -0.05) is 54.6 Å². The Morgan fingerprint density at radius 3 is 2.22 bits per heavy atom. The highest BCUT2D eigenvalue weighted by molar-refractivity contribution is 5.49. The molecule has 0 N–H and O–H groups in total. The van der Waals surface area contributed by atoms with Crippen molar-refractivity contribution < 1.29 is 13.5 Å². The molecule has 23 heavy (non-hydrogen) atoms. The van der Waals surface area contributed by atoms with E-state index in [2.05, 4.69) is 0 Å². The van der Waals surface area contributed by atoms with Crippen molar-refractivity contribution in [3.05, 3.63) is 101 Å². The number of para-hydroxylation sites is 1. The quantitative estimate of drug-likeness (QED) is 0.630. The molecule has 1 heterocycles. The Morgan fingerprint density at radius 2 is 1.43 bits per heavy atom. The van der Waals surface area contributed by atoms with Crippen molar-refractivity contribution in [1.82, 2.24) is 0 Å². The molecule has 0 amide bonds. The van der Waals surface area contributed by atoms with E-state index in [0.717, 1.165) is 16.9 Å². The summed E-state index contributed by atoms with van der Waals surface area (Å²) < 4.78 is 33.1. The standard InChI is InChI=1S/C20H14F2O/c21-16-11-10-14(12-17(16)22)19-15-8-4-5-9-18(15)23-20(19)13-6-2-1-3-7-13/h1-12,19-20H. The van der Waals surface area contributed by atoms with Gasteiger partial charge in [0.15, 0.2) is 11.6 Å². The number of fused-ring (bicyclic) bond motifs is 1. The number of ether oxygens (including phenoxy) is 1. The van der Waals surface area contributed by atoms with Gasteiger partial charge in [-0.2, -0.15) is 0 Å². The monoisotopic (exact) mass is 308 g/mol. The fourth-order valence-electron chi connectivity index (χ4n) is 3.18. The summed E-state index contributed by atoms with van der Waals surface area (Å²) in [6, 6.07) is 21.6. The minimum absolute atomic E-state index is 0.163. The molecule has 3 heteroatoms. The largest absolute Gasteiger partial charge is 0.484 e. The van der Waals surface area contributed by atoms with E-state index in [0.29, 0.717) is 5.56 Å². The average molecular weight is 308 g/mol. The molecule has 3 aromatic carbocycles. The molecule has 0 aliphatic carbocycles. The fourth-order valence-corrected chi connectivity index (χ4v) is 3.18. The third kappa shape index (κ3) is 2.38. The van der Waals surface area contributed by atoms with Gasteiger partial charge in [0.05, 0.1) is 5.92 Å². The molecular formula is C20H14F2O. The van der Waals surface area contributed by atoms with Crippen molar-refractivity contribution in [2.45, 2.75) is 12.0 Å². The van der Waals surface area contributed by atoms with Crippen LogP contribution in [0.25, 0.3) is 0 Å². The highest BCUT2D eigenvalue weighted by atomic mass is 19.2. The van der Waals surface area contributed by atoms with Crippen LogP contribution in [0, 0.1) is 11.6 Å². The van der Waals surface area contributed by atoms with Gasteiger partial charge < -0.3 is 4.74 Å². The predicted octanol–water partition coefficient (Wildman–Crippen LogP) is 5.23. The third-order valence-electron chi connectivity index (χ3n) is 4.24. The number of hydrogen-bond donors (Lipinski definition) is 0. The topological polar surface area (TPSA) is 9.23 Å². The minimum Gasteiger partial charge on any atom is -0.484 e. The first-order valence-electron chi connectivity index (χ1n) is 7.49. The average Bonchev–Trinajstić information content (AvgIpc) is 2.98. The van der Waals surface area contributed by atoms with Gasteiger partial charge in [-0.15, -0.1) is 0 Å². The van der Waals surface area contributed by atoms with Gasteiger partial charge >= 0.3 is 0 Å². The van der Waals surface area contributed by atoms with E-state index in [-0.39, 0.29) is 12.0 Å². The maximum Gasteiger partial charge on any atom is 0.159 e. The molecule has 0 saturated carbocycles. The number of benzene rings is 3. The Morgan fingerprint density at radius 1 is 0.696 bits per heavy atom. The molecule has 1 aliphatic rings. The molecule has 1 aliphatic heterocycles. The van der Waals surface area contributed by atoms with E-state index < -0.39 is 11.6 Å². The summed E-state index contributed by atoms with van der Waals surface area (Å²) in [5, 5.41) is 0. The molecule has 0 aromatic heterocycles. The van der Waals surface area contributed by atoms with Crippen LogP contribution < -0.4 is 4.74 Å². The molecule has 1 nitrogen and oxygen atoms in total. The minimum atomic E-state index is -0.836. The summed E-state index contributed by atoms with van der Waals surface area (Å²) in [4.78, 5) is 0. The lowest BCUT2D eigenvalue weighted by Crippen LogP contribution is -2.11. The molecule has 2 unspecified atom stereocenters. The van der Waals surface area contributed by atoms with Crippen LogP contribution >= 0.6 is 0 Å². The van der Waals surface area contributed by atoms with Gasteiger partial charge in [0.2, 0.25) is 0 Å². The molecular weight excluding hydrogens is 294 g/mol. The molecule has 0 saturated heterocycles. The molecule has 4 rings (SSSR count). The first-order valence-corrected chi connectivity index (χ1v) is 7.49. The van der Waals surface area contributed by atoms with Crippen molar-refractivity contribution in [3.8, 4) is 5.75 Å².